The fraction of sp³-hybridized carbons (Fsp3) is 0.417. The molecule has 0 aromatic heterocycles. The van der Waals surface area contributed by atoms with E-state index in [0.717, 1.165) is 6.07 Å². The van der Waals surface area contributed by atoms with Crippen molar-refractivity contribution in [1.82, 2.24) is 5.32 Å². The molecule has 1 aliphatic heterocycles. The van der Waals surface area contributed by atoms with E-state index in [4.69, 9.17) is 5.73 Å². The van der Waals surface area contributed by atoms with Crippen molar-refractivity contribution in [3.63, 3.8) is 0 Å². The summed E-state index contributed by atoms with van der Waals surface area (Å²) >= 11 is 0. The van der Waals surface area contributed by atoms with Gasteiger partial charge in [-0.05, 0) is 31.0 Å². The number of nitrogens with one attached hydrogen (secondary N) is 1. The standard InChI is InChI=1S/C12H15FN2O3S/c13-10-4-3-8(6-11(10)14)12(16)15-9-2-1-5-19(17,18)7-9/h3-4,6,9H,1-2,5,7,14H2,(H,15,16). The van der Waals surface area contributed by atoms with Crippen LogP contribution in [-0.2, 0) is 9.84 Å². The van der Waals surface area contributed by atoms with Crippen LogP contribution in [0.1, 0.15) is 23.2 Å². The molecule has 0 bridgehead atoms. The van der Waals surface area contributed by atoms with Gasteiger partial charge in [0.2, 0.25) is 0 Å². The number of halogens is 1. The summed E-state index contributed by atoms with van der Waals surface area (Å²) in [6.07, 6.45) is 1.17. The number of sulfone groups is 1. The van der Waals surface area contributed by atoms with Gasteiger partial charge in [0.25, 0.3) is 5.91 Å². The van der Waals surface area contributed by atoms with Crippen molar-refractivity contribution in [1.29, 1.82) is 0 Å². The van der Waals surface area contributed by atoms with Gasteiger partial charge in [-0.15, -0.1) is 0 Å². The number of amides is 1. The highest BCUT2D eigenvalue weighted by atomic mass is 32.2. The van der Waals surface area contributed by atoms with Crippen LogP contribution in [0.15, 0.2) is 18.2 Å². The van der Waals surface area contributed by atoms with Crippen molar-refractivity contribution in [2.75, 3.05) is 17.2 Å². The van der Waals surface area contributed by atoms with E-state index < -0.39 is 27.6 Å². The van der Waals surface area contributed by atoms with E-state index in [1.807, 2.05) is 0 Å². The average molecular weight is 286 g/mol. The van der Waals surface area contributed by atoms with Gasteiger partial charge in [-0.3, -0.25) is 4.79 Å². The van der Waals surface area contributed by atoms with Gasteiger partial charge in [-0.1, -0.05) is 0 Å². The lowest BCUT2D eigenvalue weighted by molar-refractivity contribution is 0.0938. The van der Waals surface area contributed by atoms with Crippen LogP contribution in [0.3, 0.4) is 0 Å². The minimum atomic E-state index is -3.07. The first-order chi connectivity index (χ1) is 8.87. The van der Waals surface area contributed by atoms with Gasteiger partial charge in [-0.2, -0.15) is 0 Å². The molecule has 0 spiro atoms. The second-order valence-corrected chi connectivity index (χ2v) is 6.89. The molecule has 1 aromatic carbocycles. The number of anilines is 1. The molecule has 1 amide bonds. The highest BCUT2D eigenvalue weighted by Crippen LogP contribution is 2.15. The van der Waals surface area contributed by atoms with E-state index in [0.29, 0.717) is 12.8 Å². The molecule has 5 nitrogen and oxygen atoms in total. The minimum absolute atomic E-state index is 0.0462. The van der Waals surface area contributed by atoms with Gasteiger partial charge in [0.1, 0.15) is 5.82 Å². The lowest BCUT2D eigenvalue weighted by Crippen LogP contribution is -2.43. The zero-order valence-corrected chi connectivity index (χ0v) is 11.0. The molecule has 2 rings (SSSR count). The lowest BCUT2D eigenvalue weighted by Gasteiger charge is -2.23. The second-order valence-electron chi connectivity index (χ2n) is 4.66. The molecule has 104 valence electrons. The third-order valence-electron chi connectivity index (χ3n) is 3.06. The summed E-state index contributed by atoms with van der Waals surface area (Å²) < 4.78 is 35.9. The molecule has 1 saturated heterocycles. The monoisotopic (exact) mass is 286 g/mol. The first-order valence-electron chi connectivity index (χ1n) is 5.94. The van der Waals surface area contributed by atoms with Gasteiger partial charge >= 0.3 is 0 Å². The molecule has 0 saturated carbocycles. The van der Waals surface area contributed by atoms with Crippen LogP contribution < -0.4 is 11.1 Å². The number of hydrogen-bond acceptors (Lipinski definition) is 4. The Balaban J connectivity index is 2.06. The Hall–Kier alpha value is -1.63. The molecule has 1 atom stereocenters. The number of nitrogens with two attached hydrogens (primary N) is 1. The zero-order chi connectivity index (χ0) is 14.0. The van der Waals surface area contributed by atoms with E-state index in [1.54, 1.807) is 0 Å². The van der Waals surface area contributed by atoms with Crippen molar-refractivity contribution >= 4 is 21.4 Å². The summed E-state index contributed by atoms with van der Waals surface area (Å²) in [4.78, 5) is 11.9. The quantitative estimate of drug-likeness (QED) is 0.784. The second kappa shape index (κ2) is 5.16. The van der Waals surface area contributed by atoms with Crippen LogP contribution in [-0.4, -0.2) is 31.9 Å². The van der Waals surface area contributed by atoms with Crippen molar-refractivity contribution in [3.8, 4) is 0 Å². The van der Waals surface area contributed by atoms with Crippen LogP contribution in [0.25, 0.3) is 0 Å². The molecule has 1 unspecified atom stereocenters. The predicted octanol–water partition coefficient (Wildman–Crippen LogP) is 0.715. The van der Waals surface area contributed by atoms with E-state index in [-0.39, 0.29) is 22.8 Å². The van der Waals surface area contributed by atoms with Crippen LogP contribution >= 0.6 is 0 Å². The lowest BCUT2D eigenvalue weighted by atomic mass is 10.1. The highest BCUT2D eigenvalue weighted by molar-refractivity contribution is 7.91. The van der Waals surface area contributed by atoms with E-state index >= 15 is 0 Å². The molecular weight excluding hydrogens is 271 g/mol. The summed E-state index contributed by atoms with van der Waals surface area (Å²) in [5.41, 5.74) is 5.50. The molecule has 19 heavy (non-hydrogen) atoms. The van der Waals surface area contributed by atoms with Gasteiger partial charge in [0.05, 0.1) is 17.2 Å². The molecule has 1 fully saturated rings. The largest absolute Gasteiger partial charge is 0.396 e. The fourth-order valence-corrected chi connectivity index (χ4v) is 3.73. The zero-order valence-electron chi connectivity index (χ0n) is 10.2. The van der Waals surface area contributed by atoms with Crippen LogP contribution in [0, 0.1) is 5.82 Å². The van der Waals surface area contributed by atoms with E-state index in [9.17, 15) is 17.6 Å². The fourth-order valence-electron chi connectivity index (χ4n) is 2.09. The summed E-state index contributed by atoms with van der Waals surface area (Å²) in [5, 5.41) is 2.64. The Bertz CT molecular complexity index is 601. The van der Waals surface area contributed by atoms with Gasteiger partial charge in [-0.25, -0.2) is 12.8 Å². The third kappa shape index (κ3) is 3.44. The highest BCUT2D eigenvalue weighted by Gasteiger charge is 2.26. The average Bonchev–Trinajstić information content (AvgIpc) is 2.31. The van der Waals surface area contributed by atoms with Crippen LogP contribution in [0.5, 0.6) is 0 Å². The smallest absolute Gasteiger partial charge is 0.251 e. The Morgan fingerprint density at radius 1 is 1.42 bits per heavy atom. The number of carbonyl (C=O) groups is 1. The van der Waals surface area contributed by atoms with Crippen molar-refractivity contribution in [2.24, 2.45) is 0 Å². The Morgan fingerprint density at radius 3 is 2.79 bits per heavy atom. The number of rotatable bonds is 2. The Kier molecular flexibility index (Phi) is 3.75. The molecule has 7 heteroatoms. The molecule has 0 radical (unpaired) electrons. The number of carbonyl (C=O) groups excluding carboxylic acids is 1. The first-order valence-corrected chi connectivity index (χ1v) is 7.76. The summed E-state index contributed by atoms with van der Waals surface area (Å²) in [7, 11) is -3.07. The predicted molar refractivity (Wildman–Crippen MR) is 70.0 cm³/mol. The van der Waals surface area contributed by atoms with Gasteiger partial charge in [0, 0.05) is 11.6 Å². The SMILES string of the molecule is Nc1cc(C(=O)NC2CCCS(=O)(=O)C2)ccc1F. The normalized spacial score (nSPS) is 21.8. The summed E-state index contributed by atoms with van der Waals surface area (Å²) in [6, 6.07) is 3.28. The molecule has 1 heterocycles. The molecule has 1 aromatic rings. The molecular formula is C12H15FN2O3S. The minimum Gasteiger partial charge on any atom is -0.396 e. The van der Waals surface area contributed by atoms with Crippen LogP contribution in [0.2, 0.25) is 0 Å². The maximum Gasteiger partial charge on any atom is 0.251 e. The van der Waals surface area contributed by atoms with E-state index in [2.05, 4.69) is 5.32 Å². The van der Waals surface area contributed by atoms with Crippen LogP contribution in [0.4, 0.5) is 10.1 Å². The number of hydrogen-bond donors (Lipinski definition) is 2. The molecule has 0 aliphatic carbocycles. The maximum absolute atomic E-state index is 13.0. The van der Waals surface area contributed by atoms with E-state index in [1.165, 1.54) is 12.1 Å². The van der Waals surface area contributed by atoms with Gasteiger partial charge < -0.3 is 11.1 Å². The number of benzene rings is 1. The Labute approximate surface area is 110 Å². The van der Waals surface area contributed by atoms with Gasteiger partial charge in [0.15, 0.2) is 9.84 Å². The van der Waals surface area contributed by atoms with Crippen molar-refractivity contribution in [3.05, 3.63) is 29.6 Å². The van der Waals surface area contributed by atoms with Crippen molar-refractivity contribution < 1.29 is 17.6 Å². The molecule has 3 N–H and O–H groups in total. The summed E-state index contributed by atoms with van der Waals surface area (Å²) in [6.45, 7) is 0. The Morgan fingerprint density at radius 2 is 2.16 bits per heavy atom. The topological polar surface area (TPSA) is 89.3 Å². The summed E-state index contributed by atoms with van der Waals surface area (Å²) in [5.74, 6) is -0.899. The molecule has 1 aliphatic rings. The van der Waals surface area contributed by atoms with Crippen molar-refractivity contribution in [2.45, 2.75) is 18.9 Å². The number of nitrogen functional groups attached to an aromatic ring is 1. The first kappa shape index (κ1) is 13.8. The maximum atomic E-state index is 13.0. The third-order valence-corrected chi connectivity index (χ3v) is 4.88.